The summed E-state index contributed by atoms with van der Waals surface area (Å²) < 4.78 is 27.3. The number of benzene rings is 2. The third-order valence-electron chi connectivity index (χ3n) is 4.52. The second-order valence-electron chi connectivity index (χ2n) is 6.61. The summed E-state index contributed by atoms with van der Waals surface area (Å²) in [6.45, 7) is 4.50. The van der Waals surface area contributed by atoms with Crippen LogP contribution in [0.5, 0.6) is 11.5 Å². The first-order valence-electron chi connectivity index (χ1n) is 8.85. The van der Waals surface area contributed by atoms with Crippen molar-refractivity contribution in [2.75, 3.05) is 0 Å². The summed E-state index contributed by atoms with van der Waals surface area (Å²) in [5.41, 5.74) is 1.18. The Morgan fingerprint density at radius 3 is 1.87 bits per heavy atom. The number of aryl methyl sites for hydroxylation is 2. The van der Waals surface area contributed by atoms with Crippen molar-refractivity contribution in [3.05, 3.63) is 69.5 Å². The highest BCUT2D eigenvalue weighted by molar-refractivity contribution is 9.10. The van der Waals surface area contributed by atoms with Gasteiger partial charge in [0, 0.05) is 10.8 Å². The number of hydrogen-bond acceptors (Lipinski definition) is 5. The lowest BCUT2D eigenvalue weighted by Gasteiger charge is -2.08. The van der Waals surface area contributed by atoms with Gasteiger partial charge in [-0.15, -0.1) is 0 Å². The third kappa shape index (κ3) is 3.82. The number of ketones is 1. The SMILES string of the molecule is CC(=O)c1c(O)c(C)nc2c(F)cccc12.Cc1nc2c(F)cccc2c(Br)c1O. The van der Waals surface area contributed by atoms with Crippen molar-refractivity contribution in [3.8, 4) is 11.5 Å². The first-order valence-corrected chi connectivity index (χ1v) is 9.64. The molecule has 0 aliphatic heterocycles. The van der Waals surface area contributed by atoms with Gasteiger partial charge in [0.2, 0.25) is 0 Å². The van der Waals surface area contributed by atoms with E-state index in [1.165, 1.54) is 32.0 Å². The molecule has 0 atom stereocenters. The van der Waals surface area contributed by atoms with Crippen molar-refractivity contribution in [1.82, 2.24) is 9.97 Å². The fourth-order valence-corrected chi connectivity index (χ4v) is 3.64. The summed E-state index contributed by atoms with van der Waals surface area (Å²) in [5.74, 6) is -1.30. The van der Waals surface area contributed by atoms with E-state index >= 15 is 0 Å². The Bertz CT molecular complexity index is 1310. The molecule has 2 aromatic heterocycles. The van der Waals surface area contributed by atoms with E-state index < -0.39 is 5.82 Å². The van der Waals surface area contributed by atoms with Crippen LogP contribution in [0.25, 0.3) is 21.8 Å². The third-order valence-corrected chi connectivity index (χ3v) is 5.32. The smallest absolute Gasteiger partial charge is 0.164 e. The first-order chi connectivity index (χ1) is 14.1. The molecule has 0 fully saturated rings. The Morgan fingerprint density at radius 2 is 1.33 bits per heavy atom. The van der Waals surface area contributed by atoms with E-state index in [0.717, 1.165) is 0 Å². The predicted octanol–water partition coefficient (Wildman–Crippen LogP) is 5.74. The van der Waals surface area contributed by atoms with Gasteiger partial charge >= 0.3 is 0 Å². The van der Waals surface area contributed by atoms with Gasteiger partial charge in [0.25, 0.3) is 0 Å². The van der Waals surface area contributed by atoms with Gasteiger partial charge in [-0.25, -0.2) is 18.7 Å². The van der Waals surface area contributed by atoms with E-state index in [-0.39, 0.29) is 45.4 Å². The zero-order chi connectivity index (χ0) is 22.2. The quantitative estimate of drug-likeness (QED) is 0.343. The number of aromatic hydroxyl groups is 2. The van der Waals surface area contributed by atoms with Gasteiger partial charge < -0.3 is 10.2 Å². The highest BCUT2D eigenvalue weighted by atomic mass is 79.9. The van der Waals surface area contributed by atoms with E-state index in [1.807, 2.05) is 0 Å². The van der Waals surface area contributed by atoms with Crippen LogP contribution < -0.4 is 0 Å². The zero-order valence-electron chi connectivity index (χ0n) is 16.3. The van der Waals surface area contributed by atoms with Crippen molar-refractivity contribution in [1.29, 1.82) is 0 Å². The van der Waals surface area contributed by atoms with E-state index in [2.05, 4.69) is 25.9 Å². The maximum Gasteiger partial charge on any atom is 0.164 e. The van der Waals surface area contributed by atoms with Crippen molar-refractivity contribution in [3.63, 3.8) is 0 Å². The Morgan fingerprint density at radius 1 is 0.867 bits per heavy atom. The van der Waals surface area contributed by atoms with Crippen LogP contribution in [0.1, 0.15) is 28.7 Å². The molecule has 0 aliphatic carbocycles. The second kappa shape index (κ2) is 8.31. The molecule has 0 saturated heterocycles. The largest absolute Gasteiger partial charge is 0.505 e. The van der Waals surface area contributed by atoms with Gasteiger partial charge in [-0.2, -0.15) is 0 Å². The molecule has 30 heavy (non-hydrogen) atoms. The molecule has 154 valence electrons. The minimum atomic E-state index is -0.497. The fourth-order valence-electron chi connectivity index (χ4n) is 3.03. The Hall–Kier alpha value is -3.13. The number of carbonyl (C=O) groups excluding carboxylic acids is 1. The number of nitrogens with zero attached hydrogens (tertiary/aromatic N) is 2. The van der Waals surface area contributed by atoms with Gasteiger partial charge in [-0.1, -0.05) is 24.3 Å². The normalized spacial score (nSPS) is 10.7. The van der Waals surface area contributed by atoms with Gasteiger partial charge in [0.15, 0.2) is 11.5 Å². The molecule has 2 heterocycles. The summed E-state index contributed by atoms with van der Waals surface area (Å²) in [6, 6.07) is 8.96. The van der Waals surface area contributed by atoms with Crippen LogP contribution in [0, 0.1) is 25.5 Å². The maximum absolute atomic E-state index is 13.5. The van der Waals surface area contributed by atoms with Gasteiger partial charge in [-0.3, -0.25) is 4.79 Å². The Kier molecular flexibility index (Phi) is 5.98. The van der Waals surface area contributed by atoms with Crippen LogP contribution in [0.15, 0.2) is 40.9 Å². The molecule has 8 heteroatoms. The molecule has 5 nitrogen and oxygen atoms in total. The van der Waals surface area contributed by atoms with E-state index in [9.17, 15) is 23.8 Å². The molecule has 4 aromatic rings. The maximum atomic E-state index is 13.5. The summed E-state index contributed by atoms with van der Waals surface area (Å²) in [5, 5.41) is 20.2. The molecule has 0 aliphatic rings. The van der Waals surface area contributed by atoms with Gasteiger partial charge in [0.05, 0.1) is 21.4 Å². The lowest BCUT2D eigenvalue weighted by molar-refractivity contribution is 0.101. The average Bonchev–Trinajstić information content (AvgIpc) is 2.69. The monoisotopic (exact) mass is 474 g/mol. The van der Waals surface area contributed by atoms with Crippen LogP contribution in [0.2, 0.25) is 0 Å². The summed E-state index contributed by atoms with van der Waals surface area (Å²) in [7, 11) is 0. The number of Topliss-reactive ketones (excluding diaryl/α,β-unsaturated/α-hetero) is 1. The average molecular weight is 475 g/mol. The van der Waals surface area contributed by atoms with Crippen molar-refractivity contribution >= 4 is 43.5 Å². The van der Waals surface area contributed by atoms with Crippen LogP contribution in [-0.2, 0) is 0 Å². The summed E-state index contributed by atoms with van der Waals surface area (Å²) in [6.07, 6.45) is 0. The predicted molar refractivity (Wildman–Crippen MR) is 114 cm³/mol. The number of aromatic nitrogens is 2. The number of hydrogen-bond donors (Lipinski definition) is 2. The second-order valence-corrected chi connectivity index (χ2v) is 7.40. The van der Waals surface area contributed by atoms with E-state index in [0.29, 0.717) is 20.9 Å². The Labute approximate surface area is 179 Å². The summed E-state index contributed by atoms with van der Waals surface area (Å²) >= 11 is 3.21. The van der Waals surface area contributed by atoms with E-state index in [4.69, 9.17) is 0 Å². The van der Waals surface area contributed by atoms with Crippen LogP contribution in [-0.4, -0.2) is 26.0 Å². The molecule has 0 saturated carbocycles. The van der Waals surface area contributed by atoms with E-state index in [1.54, 1.807) is 25.1 Å². The van der Waals surface area contributed by atoms with Gasteiger partial charge in [-0.05, 0) is 48.8 Å². The minimum absolute atomic E-state index is 0.0584. The number of halogens is 3. The molecular formula is C22H17BrF2N2O3. The van der Waals surface area contributed by atoms with Crippen molar-refractivity contribution in [2.45, 2.75) is 20.8 Å². The van der Waals surface area contributed by atoms with Crippen LogP contribution in [0.3, 0.4) is 0 Å². The molecule has 0 amide bonds. The molecule has 2 N–H and O–H groups in total. The number of rotatable bonds is 1. The van der Waals surface area contributed by atoms with Gasteiger partial charge in [0.1, 0.15) is 28.4 Å². The summed E-state index contributed by atoms with van der Waals surface area (Å²) in [4.78, 5) is 19.4. The molecule has 0 bridgehead atoms. The highest BCUT2D eigenvalue weighted by Gasteiger charge is 2.17. The highest BCUT2D eigenvalue weighted by Crippen LogP contribution is 2.34. The molecule has 0 spiro atoms. The number of fused-ring (bicyclic) bond motifs is 2. The standard InChI is InChI=1S/C12H10FNO2.C10H7BrFNO/c1-6-12(16)10(7(2)15)8-4-3-5-9(13)11(8)14-6;1-5-10(14)8(11)6-3-2-4-7(12)9(6)13-5/h3-5,16H,1-2H3;2-4,14H,1H3. The lowest BCUT2D eigenvalue weighted by atomic mass is 10.0. The van der Waals surface area contributed by atoms with Crippen molar-refractivity contribution in [2.24, 2.45) is 0 Å². The minimum Gasteiger partial charge on any atom is -0.505 e. The topological polar surface area (TPSA) is 83.3 Å². The van der Waals surface area contributed by atoms with Crippen molar-refractivity contribution < 1.29 is 23.8 Å². The first kappa shape index (κ1) is 21.6. The number of pyridine rings is 2. The zero-order valence-corrected chi connectivity index (χ0v) is 17.9. The number of carbonyl (C=O) groups is 1. The van der Waals surface area contributed by atoms with Crippen LogP contribution in [0.4, 0.5) is 8.78 Å². The molecular weight excluding hydrogens is 458 g/mol. The molecule has 2 aromatic carbocycles. The Balaban J connectivity index is 0.000000172. The molecule has 0 unspecified atom stereocenters. The molecule has 4 rings (SSSR count). The lowest BCUT2D eigenvalue weighted by Crippen LogP contribution is -2.00. The number of para-hydroxylation sites is 2. The molecule has 0 radical (unpaired) electrons. The van der Waals surface area contributed by atoms with Crippen LogP contribution >= 0.6 is 15.9 Å². The fraction of sp³-hybridized carbons (Fsp3) is 0.136.